The van der Waals surface area contributed by atoms with Gasteiger partial charge >= 0.3 is 89.5 Å². The Labute approximate surface area is 613 Å². The van der Waals surface area contributed by atoms with Crippen LogP contribution in [0.3, 0.4) is 0 Å². The Morgan fingerprint density at radius 2 is 0.370 bits per heavy atom. The number of rotatable bonds is 12. The molecule has 12 aromatic rings. The summed E-state index contributed by atoms with van der Waals surface area (Å²) in [6, 6.07) is 113. The van der Waals surface area contributed by atoms with Crippen LogP contribution in [0.15, 0.2) is 315 Å². The van der Waals surface area contributed by atoms with E-state index < -0.39 is 31.7 Å². The van der Waals surface area contributed by atoms with Crippen LogP contribution in [0.5, 0.6) is 0 Å². The van der Waals surface area contributed by atoms with Gasteiger partial charge in [0, 0.05) is 0 Å². The summed E-state index contributed by atoms with van der Waals surface area (Å²) < 4.78 is 0. The molecule has 0 fully saturated rings. The summed E-state index contributed by atoms with van der Waals surface area (Å²) >= 11 is 0. The van der Waals surface area contributed by atoms with Crippen molar-refractivity contribution in [2.45, 2.75) is 12.8 Å². The van der Waals surface area contributed by atoms with Gasteiger partial charge in [0.25, 0.3) is 0 Å². The van der Waals surface area contributed by atoms with Crippen molar-refractivity contribution in [3.8, 4) is 45.9 Å². The van der Waals surface area contributed by atoms with Crippen molar-refractivity contribution in [2.24, 2.45) is 0 Å². The summed E-state index contributed by atoms with van der Waals surface area (Å²) in [5, 5.41) is 12.0. The van der Waals surface area contributed by atoms with Crippen LogP contribution in [0, 0.1) is 49.4 Å². The van der Waals surface area contributed by atoms with Gasteiger partial charge in [-0.3, -0.25) is 23.7 Å². The smallest absolute Gasteiger partial charge is 0.366 e. The Morgan fingerprint density at radius 1 is 0.217 bits per heavy atom. The third kappa shape index (κ3) is 18.9. The van der Waals surface area contributed by atoms with E-state index in [2.05, 4.69) is 291 Å². The van der Waals surface area contributed by atoms with Crippen LogP contribution >= 0.6 is 31.7 Å². The molecule has 0 amide bonds. The van der Waals surface area contributed by atoms with Crippen LogP contribution in [0.1, 0.15) is 44.5 Å². The standard InChI is InChI=1S/2C25H22P2.2C17H8.4Au/c2*1-5-13-22(14-6-1)26(23-15-7-2-8-16-23)21-27(24-17-9-3-10-18-24)25-19-11-4-12-20-25;2*1-3-12-5-7-14-11-15-8-6-13(4-2)10-17(15)16(14)9-12;;;;/h2*1-20H,21H2;2*5-10H,11H2;;;;/q;;2*-2;4*+1/p+4. The molecule has 2 aliphatic carbocycles. The molecule has 0 radical (unpaired) electrons. The zero-order valence-electron chi connectivity index (χ0n) is 50.1. The second-order valence-electron chi connectivity index (χ2n) is 21.5. The minimum atomic E-state index is -0.847. The Balaban J connectivity index is 0.000000175. The Hall–Kier alpha value is -6.44. The first kappa shape index (κ1) is 73.0. The van der Waals surface area contributed by atoms with E-state index in [4.69, 9.17) is 25.7 Å². The van der Waals surface area contributed by atoms with E-state index >= 15 is 0 Å². The maximum atomic E-state index is 7.18. The molecule has 14 rings (SSSR count). The molecule has 0 spiro atoms. The molecule has 0 bridgehead atoms. The third-order valence-electron chi connectivity index (χ3n) is 16.0. The topological polar surface area (TPSA) is 0 Å². The van der Waals surface area contributed by atoms with E-state index in [1.54, 1.807) is 0 Å². The summed E-state index contributed by atoms with van der Waals surface area (Å²) in [6.07, 6.45) is 30.6. The van der Waals surface area contributed by atoms with E-state index in [-0.39, 0.29) is 89.5 Å². The van der Waals surface area contributed by atoms with Crippen molar-refractivity contribution < 1.29 is 89.5 Å². The van der Waals surface area contributed by atoms with Crippen LogP contribution in [-0.4, -0.2) is 11.8 Å². The Kier molecular flexibility index (Phi) is 29.7. The van der Waals surface area contributed by atoms with Crippen LogP contribution in [0.4, 0.5) is 0 Å². The summed E-state index contributed by atoms with van der Waals surface area (Å²) in [5.41, 5.74) is 12.9. The van der Waals surface area contributed by atoms with Crippen LogP contribution in [-0.2, 0) is 102 Å². The molecule has 0 saturated heterocycles. The summed E-state index contributed by atoms with van der Waals surface area (Å²) in [4.78, 5) is 0. The van der Waals surface area contributed by atoms with Gasteiger partial charge in [-0.2, -0.15) is 0 Å². The Morgan fingerprint density at radius 3 is 0.511 bits per heavy atom. The van der Waals surface area contributed by atoms with Gasteiger partial charge < -0.3 is 25.7 Å². The summed E-state index contributed by atoms with van der Waals surface area (Å²) in [7, 11) is -3.39. The van der Waals surface area contributed by atoms with Crippen molar-refractivity contribution in [1.82, 2.24) is 0 Å². The van der Waals surface area contributed by atoms with Crippen molar-refractivity contribution in [3.63, 3.8) is 0 Å². The number of fused-ring (bicyclic) bond motifs is 6. The normalized spacial score (nSPS) is 10.6. The molecular weight excluding hydrogens is 1920 g/mol. The van der Waals surface area contributed by atoms with E-state index in [1.807, 2.05) is 48.5 Å². The monoisotopic (exact) mass is 1980 g/mol. The van der Waals surface area contributed by atoms with Gasteiger partial charge in [0.15, 0.2) is 11.8 Å². The van der Waals surface area contributed by atoms with Crippen LogP contribution in [0.25, 0.3) is 22.3 Å². The number of hydrogen-bond donors (Lipinski definition) is 0. The number of hydrogen-bond acceptors (Lipinski definition) is 0. The van der Waals surface area contributed by atoms with Gasteiger partial charge in [-0.25, -0.2) is 0 Å². The maximum absolute atomic E-state index is 7.18. The zero-order valence-corrected chi connectivity index (χ0v) is 62.7. The fraction of sp³-hybridized carbons (Fsp3) is 0.0476. The van der Waals surface area contributed by atoms with E-state index in [0.717, 1.165) is 57.3 Å². The molecule has 0 saturated carbocycles. The minimum absolute atomic E-state index is 0. The van der Waals surface area contributed by atoms with Gasteiger partial charge in [0.1, 0.15) is 74.1 Å². The van der Waals surface area contributed by atoms with Crippen molar-refractivity contribution >= 4 is 74.1 Å². The van der Waals surface area contributed by atoms with Gasteiger partial charge in [0.2, 0.25) is 0 Å². The molecule has 0 unspecified atom stereocenters. The van der Waals surface area contributed by atoms with Crippen molar-refractivity contribution in [1.29, 1.82) is 0 Å². The molecule has 8 heteroatoms. The quantitative estimate of drug-likeness (QED) is 0.0495. The average Bonchev–Trinajstić information content (AvgIpc) is 2.18. The SMILES string of the molecule is [Au+].[Au+].[Au+].[Au+].[C-]#Cc1ccc2c(c1)-c1cc(C#[C-])ccc1C2.[C-]#Cc1ccc2c(c1)-c1cc(C#[C-])ccc1C2.c1ccc([PH+](C[PH+](c2ccccc2)c2ccccc2)c2ccccc2)cc1.c1ccc([PH+](C[PH+](c2ccccc2)c2ccccc2)c2ccccc2)cc1. The zero-order chi connectivity index (χ0) is 60.3. The van der Waals surface area contributed by atoms with Crippen LogP contribution < -0.4 is 42.4 Å². The second-order valence-corrected chi connectivity index (χ2v) is 32.8. The first-order valence-electron chi connectivity index (χ1n) is 29.6. The van der Waals surface area contributed by atoms with Crippen molar-refractivity contribution in [2.75, 3.05) is 11.8 Å². The van der Waals surface area contributed by atoms with Gasteiger partial charge in [-0.15, -0.1) is 70.8 Å². The fourth-order valence-electron chi connectivity index (χ4n) is 11.6. The molecule has 0 N–H and O–H groups in total. The molecule has 2 aliphatic rings. The minimum Gasteiger partial charge on any atom is -0.366 e. The van der Waals surface area contributed by atoms with E-state index in [1.165, 1.54) is 76.5 Å². The first-order chi connectivity index (χ1) is 43.5. The second kappa shape index (κ2) is 37.5. The maximum Gasteiger partial charge on any atom is 1.00 e. The molecule has 0 heterocycles. The first-order valence-corrected chi connectivity index (χ1v) is 36.4. The summed E-state index contributed by atoms with van der Waals surface area (Å²) in [5.74, 6) is 12.1. The molecule has 0 aliphatic heterocycles. The van der Waals surface area contributed by atoms with E-state index in [9.17, 15) is 0 Å². The van der Waals surface area contributed by atoms with Gasteiger partial charge in [-0.1, -0.05) is 170 Å². The molecule has 0 atom stereocenters. The molecular formula is C84H64Au4P4+4. The fourth-order valence-corrected chi connectivity index (χ4v) is 27.1. The Bertz CT molecular complexity index is 3700. The molecule has 92 heavy (non-hydrogen) atoms. The summed E-state index contributed by atoms with van der Waals surface area (Å²) in [6.45, 7) is 0. The molecule has 0 aromatic heterocycles. The average molecular weight is 1990 g/mol. The predicted molar refractivity (Wildman–Crippen MR) is 386 cm³/mol. The molecule has 12 aromatic carbocycles. The largest absolute Gasteiger partial charge is 1.00 e. The van der Waals surface area contributed by atoms with Crippen molar-refractivity contribution in [3.05, 3.63) is 386 Å². The van der Waals surface area contributed by atoms with Gasteiger partial charge in [-0.05, 0) is 154 Å². The predicted octanol–water partition coefficient (Wildman–Crippen LogP) is 15.6. The third-order valence-corrected chi connectivity index (χ3v) is 29.9. The number of benzene rings is 12. The van der Waals surface area contributed by atoms with Crippen LogP contribution in [0.2, 0.25) is 0 Å². The van der Waals surface area contributed by atoms with Gasteiger partial charge in [0.05, 0.1) is 0 Å². The molecule has 0 nitrogen and oxygen atoms in total. The van der Waals surface area contributed by atoms with E-state index in [0.29, 0.717) is 0 Å². The molecule has 460 valence electrons.